The van der Waals surface area contributed by atoms with Crippen LogP contribution in [0.2, 0.25) is 0 Å². The van der Waals surface area contributed by atoms with Gasteiger partial charge in [-0.3, -0.25) is 10.1 Å². The van der Waals surface area contributed by atoms with Crippen molar-refractivity contribution in [3.8, 4) is 23.0 Å². The van der Waals surface area contributed by atoms with Gasteiger partial charge in [0.15, 0.2) is 29.6 Å². The molecular formula is C21H22N2O8. The summed E-state index contributed by atoms with van der Waals surface area (Å²) in [7, 11) is 1.48. The van der Waals surface area contributed by atoms with Crippen LogP contribution in [0.25, 0.3) is 0 Å². The van der Waals surface area contributed by atoms with Crippen molar-refractivity contribution in [1.29, 1.82) is 0 Å². The third-order valence-electron chi connectivity index (χ3n) is 4.09. The number of rotatable bonds is 7. The van der Waals surface area contributed by atoms with E-state index in [2.05, 4.69) is 10.6 Å². The van der Waals surface area contributed by atoms with E-state index in [9.17, 15) is 14.4 Å². The van der Waals surface area contributed by atoms with Gasteiger partial charge in [-0.15, -0.1) is 0 Å². The van der Waals surface area contributed by atoms with Gasteiger partial charge in [0.25, 0.3) is 5.91 Å². The molecule has 3 rings (SSSR count). The number of carbonyl (C=O) groups excluding carboxylic acids is 3. The van der Waals surface area contributed by atoms with Crippen molar-refractivity contribution >= 4 is 23.6 Å². The first-order valence-corrected chi connectivity index (χ1v) is 9.48. The van der Waals surface area contributed by atoms with Crippen LogP contribution in [0.5, 0.6) is 23.0 Å². The van der Waals surface area contributed by atoms with Crippen molar-refractivity contribution in [2.45, 2.75) is 6.92 Å². The van der Waals surface area contributed by atoms with Crippen molar-refractivity contribution in [3.05, 3.63) is 42.0 Å². The van der Waals surface area contributed by atoms with Crippen LogP contribution in [0.4, 0.5) is 10.5 Å². The molecule has 0 saturated carbocycles. The number of imide groups is 1. The molecule has 0 bridgehead atoms. The van der Waals surface area contributed by atoms with E-state index < -0.39 is 24.5 Å². The third-order valence-corrected chi connectivity index (χ3v) is 4.09. The number of esters is 1. The van der Waals surface area contributed by atoms with Gasteiger partial charge < -0.3 is 29.0 Å². The van der Waals surface area contributed by atoms with Crippen LogP contribution < -0.4 is 29.6 Å². The zero-order valence-corrected chi connectivity index (χ0v) is 17.1. The Morgan fingerprint density at radius 1 is 1.00 bits per heavy atom. The molecule has 0 fully saturated rings. The molecule has 2 aromatic rings. The van der Waals surface area contributed by atoms with Gasteiger partial charge in [0, 0.05) is 11.8 Å². The number of carbonyl (C=O) groups is 3. The smallest absolute Gasteiger partial charge is 0.338 e. The van der Waals surface area contributed by atoms with Crippen molar-refractivity contribution in [2.24, 2.45) is 0 Å². The molecule has 0 aliphatic carbocycles. The van der Waals surface area contributed by atoms with Gasteiger partial charge >= 0.3 is 12.0 Å². The van der Waals surface area contributed by atoms with Gasteiger partial charge in [0.1, 0.15) is 13.2 Å². The summed E-state index contributed by atoms with van der Waals surface area (Å²) in [6, 6.07) is 8.56. The molecule has 31 heavy (non-hydrogen) atoms. The van der Waals surface area contributed by atoms with Crippen molar-refractivity contribution in [1.82, 2.24) is 5.32 Å². The summed E-state index contributed by atoms with van der Waals surface area (Å²) >= 11 is 0. The monoisotopic (exact) mass is 430 g/mol. The molecule has 164 valence electrons. The van der Waals surface area contributed by atoms with E-state index in [4.69, 9.17) is 23.7 Å². The number of hydrogen-bond acceptors (Lipinski definition) is 8. The Labute approximate surface area is 178 Å². The standard InChI is InChI=1S/C21H22N2O8/c1-3-28-17-10-13(4-6-15(17)27-2)20(25)31-12-19(24)23-21(26)22-14-5-7-16-18(11-14)30-9-8-29-16/h4-7,10-11H,3,8-9,12H2,1-2H3,(H2,22,23,24,26). The maximum atomic E-state index is 12.2. The largest absolute Gasteiger partial charge is 0.493 e. The number of anilines is 1. The molecule has 10 heteroatoms. The number of fused-ring (bicyclic) bond motifs is 1. The number of hydrogen-bond donors (Lipinski definition) is 2. The van der Waals surface area contributed by atoms with Crippen molar-refractivity contribution in [3.63, 3.8) is 0 Å². The van der Waals surface area contributed by atoms with Crippen LogP contribution in [0.3, 0.4) is 0 Å². The summed E-state index contributed by atoms with van der Waals surface area (Å²) in [6.07, 6.45) is 0. The first-order valence-electron chi connectivity index (χ1n) is 9.48. The maximum Gasteiger partial charge on any atom is 0.338 e. The quantitative estimate of drug-likeness (QED) is 0.642. The summed E-state index contributed by atoms with van der Waals surface area (Å²) in [6.45, 7) is 2.41. The molecule has 0 spiro atoms. The van der Waals surface area contributed by atoms with E-state index in [1.807, 2.05) is 0 Å². The molecular weight excluding hydrogens is 408 g/mol. The first-order chi connectivity index (χ1) is 15.0. The molecule has 2 N–H and O–H groups in total. The molecule has 3 amide bonds. The second-order valence-electron chi connectivity index (χ2n) is 6.24. The predicted octanol–water partition coefficient (Wildman–Crippen LogP) is 2.37. The van der Waals surface area contributed by atoms with Crippen LogP contribution in [0.15, 0.2) is 36.4 Å². The van der Waals surface area contributed by atoms with Crippen LogP contribution in [0, 0.1) is 0 Å². The number of methoxy groups -OCH3 is 1. The van der Waals surface area contributed by atoms with Crippen LogP contribution in [-0.2, 0) is 9.53 Å². The van der Waals surface area contributed by atoms with Gasteiger partial charge in [-0.05, 0) is 37.3 Å². The fraction of sp³-hybridized carbons (Fsp3) is 0.286. The zero-order chi connectivity index (χ0) is 22.2. The van der Waals surface area contributed by atoms with Gasteiger partial charge in [-0.2, -0.15) is 0 Å². The third kappa shape index (κ3) is 5.78. The summed E-state index contributed by atoms with van der Waals surface area (Å²) < 4.78 is 26.4. The fourth-order valence-corrected chi connectivity index (χ4v) is 2.73. The van der Waals surface area contributed by atoms with Crippen LogP contribution in [0.1, 0.15) is 17.3 Å². The molecule has 0 saturated heterocycles. The van der Waals surface area contributed by atoms with Crippen LogP contribution >= 0.6 is 0 Å². The Morgan fingerprint density at radius 3 is 2.52 bits per heavy atom. The predicted molar refractivity (Wildman–Crippen MR) is 109 cm³/mol. The Morgan fingerprint density at radius 2 is 1.77 bits per heavy atom. The highest BCUT2D eigenvalue weighted by atomic mass is 16.6. The molecule has 0 unspecified atom stereocenters. The van der Waals surface area contributed by atoms with E-state index in [-0.39, 0.29) is 5.56 Å². The average Bonchev–Trinajstić information content (AvgIpc) is 2.77. The van der Waals surface area contributed by atoms with E-state index in [0.29, 0.717) is 48.5 Å². The Balaban J connectivity index is 1.50. The van der Waals surface area contributed by atoms with Gasteiger partial charge in [-0.1, -0.05) is 0 Å². The van der Waals surface area contributed by atoms with Crippen molar-refractivity contribution in [2.75, 3.05) is 38.9 Å². The lowest BCUT2D eigenvalue weighted by atomic mass is 10.2. The Hall–Kier alpha value is -3.95. The number of amides is 3. The fourth-order valence-electron chi connectivity index (χ4n) is 2.73. The maximum absolute atomic E-state index is 12.2. The molecule has 0 aromatic heterocycles. The molecule has 1 heterocycles. The normalized spacial score (nSPS) is 11.8. The highest BCUT2D eigenvalue weighted by Crippen LogP contribution is 2.32. The SMILES string of the molecule is CCOc1cc(C(=O)OCC(=O)NC(=O)Nc2ccc3c(c2)OCCO3)ccc1OC. The second kappa shape index (κ2) is 10.2. The molecule has 1 aliphatic heterocycles. The number of nitrogens with one attached hydrogen (secondary N) is 2. The lowest BCUT2D eigenvalue weighted by molar-refractivity contribution is -0.123. The lowest BCUT2D eigenvalue weighted by Crippen LogP contribution is -2.37. The number of urea groups is 1. The summed E-state index contributed by atoms with van der Waals surface area (Å²) in [5.41, 5.74) is 0.589. The molecule has 2 aromatic carbocycles. The van der Waals surface area contributed by atoms with Gasteiger partial charge in [-0.25, -0.2) is 9.59 Å². The van der Waals surface area contributed by atoms with E-state index in [1.165, 1.54) is 19.2 Å². The molecule has 0 radical (unpaired) electrons. The number of ether oxygens (including phenoxy) is 5. The van der Waals surface area contributed by atoms with E-state index in [1.54, 1.807) is 31.2 Å². The average molecular weight is 430 g/mol. The van der Waals surface area contributed by atoms with E-state index >= 15 is 0 Å². The highest BCUT2D eigenvalue weighted by Gasteiger charge is 2.16. The molecule has 0 atom stereocenters. The van der Waals surface area contributed by atoms with Crippen molar-refractivity contribution < 1.29 is 38.1 Å². The molecule has 1 aliphatic rings. The highest BCUT2D eigenvalue weighted by molar-refractivity contribution is 6.02. The second-order valence-corrected chi connectivity index (χ2v) is 6.24. The van der Waals surface area contributed by atoms with Gasteiger partial charge in [0.2, 0.25) is 0 Å². The summed E-state index contributed by atoms with van der Waals surface area (Å²) in [5, 5.41) is 4.58. The first kappa shape index (κ1) is 21.8. The Bertz CT molecular complexity index is 976. The van der Waals surface area contributed by atoms with Gasteiger partial charge in [0.05, 0.1) is 19.3 Å². The molecule has 10 nitrogen and oxygen atoms in total. The summed E-state index contributed by atoms with van der Waals surface area (Å²) in [4.78, 5) is 36.1. The lowest BCUT2D eigenvalue weighted by Gasteiger charge is -2.19. The number of benzene rings is 2. The van der Waals surface area contributed by atoms with E-state index in [0.717, 1.165) is 0 Å². The minimum absolute atomic E-state index is 0.178. The Kier molecular flexibility index (Phi) is 7.15. The topological polar surface area (TPSA) is 121 Å². The zero-order valence-electron chi connectivity index (χ0n) is 17.1. The summed E-state index contributed by atoms with van der Waals surface area (Å²) in [5.74, 6) is 0.379. The van der Waals surface area contributed by atoms with Crippen LogP contribution in [-0.4, -0.2) is 51.4 Å². The minimum Gasteiger partial charge on any atom is -0.493 e. The minimum atomic E-state index is -0.790.